The van der Waals surface area contributed by atoms with Crippen molar-refractivity contribution in [2.45, 2.75) is 58.3 Å². The molecule has 0 aliphatic carbocycles. The minimum atomic E-state index is -0.163. The summed E-state index contributed by atoms with van der Waals surface area (Å²) in [6, 6.07) is 7.03. The van der Waals surface area contributed by atoms with Crippen molar-refractivity contribution in [3.63, 3.8) is 0 Å². The number of anilines is 2. The highest BCUT2D eigenvalue weighted by Crippen LogP contribution is 2.11. The van der Waals surface area contributed by atoms with E-state index >= 15 is 0 Å². The Morgan fingerprint density at radius 3 is 2.38 bits per heavy atom. The molecule has 0 unspecified atom stereocenters. The molecule has 0 aromatic heterocycles. The van der Waals surface area contributed by atoms with Gasteiger partial charge in [-0.3, -0.25) is 0 Å². The Bertz CT molecular complexity index is 407. The van der Waals surface area contributed by atoms with Crippen LogP contribution in [0.4, 0.5) is 16.2 Å². The Kier molecular flexibility index (Phi) is 9.09. The molecular weight excluding hydrogens is 262 g/mol. The van der Waals surface area contributed by atoms with Gasteiger partial charge in [0, 0.05) is 17.9 Å². The van der Waals surface area contributed by atoms with Crippen LogP contribution in [0.15, 0.2) is 24.3 Å². The first-order valence-corrected chi connectivity index (χ1v) is 8.12. The van der Waals surface area contributed by atoms with E-state index in [4.69, 9.17) is 5.73 Å². The molecule has 0 aliphatic heterocycles. The maximum atomic E-state index is 11.7. The second-order valence-corrected chi connectivity index (χ2v) is 5.48. The van der Waals surface area contributed by atoms with Gasteiger partial charge in [0.05, 0.1) is 0 Å². The summed E-state index contributed by atoms with van der Waals surface area (Å²) >= 11 is 0. The number of nitrogens with one attached hydrogen (secondary N) is 2. The Balaban J connectivity index is 1.99. The Morgan fingerprint density at radius 2 is 1.71 bits per heavy atom. The number of amides is 2. The minimum absolute atomic E-state index is 0.163. The van der Waals surface area contributed by atoms with Gasteiger partial charge in [-0.2, -0.15) is 0 Å². The first-order valence-electron chi connectivity index (χ1n) is 8.12. The summed E-state index contributed by atoms with van der Waals surface area (Å²) in [4.78, 5) is 11.7. The van der Waals surface area contributed by atoms with Crippen LogP contribution in [0.1, 0.15) is 58.3 Å². The van der Waals surface area contributed by atoms with Crippen LogP contribution in [-0.2, 0) is 0 Å². The van der Waals surface area contributed by atoms with Crippen LogP contribution in [0, 0.1) is 0 Å². The van der Waals surface area contributed by atoms with Crippen molar-refractivity contribution in [2.75, 3.05) is 17.6 Å². The normalized spacial score (nSPS) is 10.3. The van der Waals surface area contributed by atoms with Crippen LogP contribution < -0.4 is 16.4 Å². The minimum Gasteiger partial charge on any atom is -0.399 e. The molecule has 0 atom stereocenters. The molecule has 0 saturated carbocycles. The maximum absolute atomic E-state index is 11.7. The van der Waals surface area contributed by atoms with Crippen LogP contribution in [0.25, 0.3) is 0 Å². The number of hydrogen-bond donors (Lipinski definition) is 3. The van der Waals surface area contributed by atoms with E-state index in [9.17, 15) is 4.79 Å². The number of nitrogens with two attached hydrogens (primary N) is 1. The lowest BCUT2D eigenvalue weighted by Gasteiger charge is -2.08. The van der Waals surface area contributed by atoms with Crippen molar-refractivity contribution in [3.05, 3.63) is 24.3 Å². The molecule has 4 N–H and O–H groups in total. The number of rotatable bonds is 10. The number of carbonyl (C=O) groups is 1. The van der Waals surface area contributed by atoms with Gasteiger partial charge in [-0.1, -0.05) is 57.9 Å². The first-order chi connectivity index (χ1) is 10.2. The number of carbonyl (C=O) groups excluding carboxylic acids is 1. The number of urea groups is 1. The molecule has 0 heterocycles. The molecule has 1 aromatic carbocycles. The molecule has 0 fully saturated rings. The van der Waals surface area contributed by atoms with Crippen molar-refractivity contribution in [2.24, 2.45) is 0 Å². The van der Waals surface area contributed by atoms with Gasteiger partial charge in [-0.25, -0.2) is 4.79 Å². The summed E-state index contributed by atoms with van der Waals surface area (Å²) in [7, 11) is 0. The molecule has 0 bridgehead atoms. The molecule has 0 spiro atoms. The fourth-order valence-corrected chi connectivity index (χ4v) is 2.25. The van der Waals surface area contributed by atoms with Gasteiger partial charge in [0.2, 0.25) is 0 Å². The third-order valence-electron chi connectivity index (χ3n) is 3.46. The van der Waals surface area contributed by atoms with Gasteiger partial charge in [0.1, 0.15) is 0 Å². The molecular formula is C17H29N3O. The van der Waals surface area contributed by atoms with Gasteiger partial charge in [0.25, 0.3) is 0 Å². The zero-order valence-corrected chi connectivity index (χ0v) is 13.2. The van der Waals surface area contributed by atoms with Gasteiger partial charge in [-0.15, -0.1) is 0 Å². The molecule has 1 aromatic rings. The zero-order chi connectivity index (χ0) is 15.3. The van der Waals surface area contributed by atoms with Crippen LogP contribution in [0.5, 0.6) is 0 Å². The molecule has 4 nitrogen and oxygen atoms in total. The summed E-state index contributed by atoms with van der Waals surface area (Å²) in [6.07, 6.45) is 10.2. The molecule has 0 saturated heterocycles. The summed E-state index contributed by atoms with van der Waals surface area (Å²) < 4.78 is 0. The van der Waals surface area contributed by atoms with E-state index in [1.807, 2.05) is 12.1 Å². The van der Waals surface area contributed by atoms with Crippen molar-refractivity contribution in [1.29, 1.82) is 0 Å². The fourth-order valence-electron chi connectivity index (χ4n) is 2.25. The topological polar surface area (TPSA) is 67.2 Å². The zero-order valence-electron chi connectivity index (χ0n) is 13.2. The van der Waals surface area contributed by atoms with Crippen LogP contribution in [0.3, 0.4) is 0 Å². The van der Waals surface area contributed by atoms with E-state index < -0.39 is 0 Å². The van der Waals surface area contributed by atoms with E-state index in [2.05, 4.69) is 17.6 Å². The first kappa shape index (κ1) is 17.3. The SMILES string of the molecule is CCCCCCCCCCNC(=O)Nc1cccc(N)c1. The van der Waals surface area contributed by atoms with Crippen LogP contribution >= 0.6 is 0 Å². The number of nitrogen functional groups attached to an aromatic ring is 1. The standard InChI is InChI=1S/C17H29N3O/c1-2-3-4-5-6-7-8-9-13-19-17(21)20-16-12-10-11-15(18)14-16/h10-12,14H,2-9,13,18H2,1H3,(H2,19,20,21). The molecule has 118 valence electrons. The van der Waals surface area contributed by atoms with Crippen molar-refractivity contribution in [3.8, 4) is 0 Å². The number of unbranched alkanes of at least 4 members (excludes halogenated alkanes) is 7. The fraction of sp³-hybridized carbons (Fsp3) is 0.588. The highest BCUT2D eigenvalue weighted by molar-refractivity contribution is 5.89. The average molecular weight is 291 g/mol. The molecule has 1 rings (SSSR count). The molecule has 4 heteroatoms. The van der Waals surface area contributed by atoms with E-state index in [-0.39, 0.29) is 6.03 Å². The van der Waals surface area contributed by atoms with Crippen molar-refractivity contribution < 1.29 is 4.79 Å². The lowest BCUT2D eigenvalue weighted by molar-refractivity contribution is 0.252. The monoisotopic (exact) mass is 291 g/mol. The number of benzene rings is 1. The van der Waals surface area contributed by atoms with Crippen LogP contribution in [0.2, 0.25) is 0 Å². The van der Waals surface area contributed by atoms with Gasteiger partial charge >= 0.3 is 6.03 Å². The summed E-state index contributed by atoms with van der Waals surface area (Å²) in [5.41, 5.74) is 7.04. The van der Waals surface area contributed by atoms with Crippen molar-refractivity contribution in [1.82, 2.24) is 5.32 Å². The highest BCUT2D eigenvalue weighted by atomic mass is 16.2. The predicted molar refractivity (Wildman–Crippen MR) is 90.5 cm³/mol. The van der Waals surface area contributed by atoms with Gasteiger partial charge in [0.15, 0.2) is 0 Å². The second-order valence-electron chi connectivity index (χ2n) is 5.48. The van der Waals surface area contributed by atoms with E-state index in [1.54, 1.807) is 12.1 Å². The quantitative estimate of drug-likeness (QED) is 0.438. The second kappa shape index (κ2) is 11.0. The molecule has 0 radical (unpaired) electrons. The Morgan fingerprint density at radius 1 is 1.05 bits per heavy atom. The van der Waals surface area contributed by atoms with Gasteiger partial charge in [-0.05, 0) is 24.6 Å². The lowest BCUT2D eigenvalue weighted by atomic mass is 10.1. The van der Waals surface area contributed by atoms with Crippen molar-refractivity contribution >= 4 is 17.4 Å². The molecule has 0 aliphatic rings. The largest absolute Gasteiger partial charge is 0.399 e. The predicted octanol–water partition coefficient (Wildman–Crippen LogP) is 4.53. The lowest BCUT2D eigenvalue weighted by Crippen LogP contribution is -2.29. The van der Waals surface area contributed by atoms with Crippen LogP contribution in [-0.4, -0.2) is 12.6 Å². The summed E-state index contributed by atoms with van der Waals surface area (Å²) in [6.45, 7) is 2.96. The van der Waals surface area contributed by atoms with E-state index in [0.717, 1.165) is 18.7 Å². The molecule has 2 amide bonds. The summed E-state index contributed by atoms with van der Waals surface area (Å²) in [5.74, 6) is 0. The van der Waals surface area contributed by atoms with E-state index in [1.165, 1.54) is 44.9 Å². The molecule has 21 heavy (non-hydrogen) atoms. The smallest absolute Gasteiger partial charge is 0.319 e. The Labute approximate surface area is 128 Å². The number of hydrogen-bond acceptors (Lipinski definition) is 2. The summed E-state index contributed by atoms with van der Waals surface area (Å²) in [5, 5.41) is 5.65. The van der Waals surface area contributed by atoms with E-state index in [0.29, 0.717) is 5.69 Å². The Hall–Kier alpha value is -1.71. The third kappa shape index (κ3) is 8.95. The van der Waals surface area contributed by atoms with Gasteiger partial charge < -0.3 is 16.4 Å². The maximum Gasteiger partial charge on any atom is 0.319 e. The third-order valence-corrected chi connectivity index (χ3v) is 3.46. The highest BCUT2D eigenvalue weighted by Gasteiger charge is 2.00. The average Bonchev–Trinajstić information content (AvgIpc) is 2.45.